The predicted octanol–water partition coefficient (Wildman–Crippen LogP) is 6.05. The number of halogens is 2. The van der Waals surface area contributed by atoms with Crippen molar-refractivity contribution < 1.29 is 13.5 Å². The monoisotopic (exact) mass is 484 g/mol. The van der Waals surface area contributed by atoms with Gasteiger partial charge in [-0.3, -0.25) is 4.68 Å². The minimum absolute atomic E-state index is 0.276. The SMILES string of the molecule is Cc1cc(OCc2coc(C=Cc3ccc(Cl)cc3F)n2)ccc1CSCCn1ccnn1. The summed E-state index contributed by atoms with van der Waals surface area (Å²) in [4.78, 5) is 4.36. The zero-order chi connectivity index (χ0) is 23.0. The molecule has 0 saturated heterocycles. The van der Waals surface area contributed by atoms with Crippen LogP contribution in [0.2, 0.25) is 5.02 Å². The maximum absolute atomic E-state index is 13.9. The van der Waals surface area contributed by atoms with E-state index < -0.39 is 5.82 Å². The summed E-state index contributed by atoms with van der Waals surface area (Å²) in [5.74, 6) is 2.63. The van der Waals surface area contributed by atoms with Crippen molar-refractivity contribution in [3.05, 3.63) is 94.2 Å². The van der Waals surface area contributed by atoms with Crippen molar-refractivity contribution in [3.8, 4) is 5.75 Å². The third kappa shape index (κ3) is 6.69. The van der Waals surface area contributed by atoms with Gasteiger partial charge in [0, 0.05) is 34.4 Å². The fourth-order valence-electron chi connectivity index (χ4n) is 3.03. The van der Waals surface area contributed by atoms with Crippen molar-refractivity contribution in [1.29, 1.82) is 0 Å². The summed E-state index contributed by atoms with van der Waals surface area (Å²) in [6, 6.07) is 10.6. The summed E-state index contributed by atoms with van der Waals surface area (Å²) in [7, 11) is 0. The molecule has 4 aromatic rings. The minimum atomic E-state index is -0.402. The fourth-order valence-corrected chi connectivity index (χ4v) is 4.20. The lowest BCUT2D eigenvalue weighted by Gasteiger charge is -2.09. The van der Waals surface area contributed by atoms with Crippen molar-refractivity contribution in [3.63, 3.8) is 0 Å². The Bertz CT molecular complexity index is 1230. The second kappa shape index (κ2) is 11.2. The number of hydrogen-bond acceptors (Lipinski definition) is 6. The van der Waals surface area contributed by atoms with E-state index in [9.17, 15) is 4.39 Å². The highest BCUT2D eigenvalue weighted by atomic mass is 35.5. The molecule has 2 aromatic carbocycles. The van der Waals surface area contributed by atoms with E-state index in [0.29, 0.717) is 22.2 Å². The van der Waals surface area contributed by atoms with Crippen molar-refractivity contribution in [2.45, 2.75) is 25.8 Å². The van der Waals surface area contributed by atoms with E-state index in [1.165, 1.54) is 23.5 Å². The van der Waals surface area contributed by atoms with Crippen LogP contribution in [0.1, 0.15) is 28.3 Å². The maximum atomic E-state index is 13.9. The number of aryl methyl sites for hydroxylation is 2. The first-order valence-corrected chi connectivity index (χ1v) is 11.8. The first-order chi connectivity index (χ1) is 16.1. The molecular formula is C24H22ClFN4O2S. The van der Waals surface area contributed by atoms with Gasteiger partial charge in [0.2, 0.25) is 5.89 Å². The molecule has 170 valence electrons. The topological polar surface area (TPSA) is 66.0 Å². The molecule has 9 heteroatoms. The van der Waals surface area contributed by atoms with E-state index >= 15 is 0 Å². The molecule has 2 aromatic heterocycles. The number of nitrogens with zero attached hydrogens (tertiary/aromatic N) is 4. The van der Waals surface area contributed by atoms with Gasteiger partial charge in [-0.25, -0.2) is 9.37 Å². The molecule has 0 fully saturated rings. The highest BCUT2D eigenvalue weighted by Crippen LogP contribution is 2.22. The largest absolute Gasteiger partial charge is 0.487 e. The third-order valence-electron chi connectivity index (χ3n) is 4.83. The minimum Gasteiger partial charge on any atom is -0.487 e. The summed E-state index contributed by atoms with van der Waals surface area (Å²) in [6.07, 6.45) is 8.28. The zero-order valence-electron chi connectivity index (χ0n) is 17.9. The Morgan fingerprint density at radius 2 is 2.12 bits per heavy atom. The van der Waals surface area contributed by atoms with Gasteiger partial charge in [0.05, 0.1) is 12.7 Å². The van der Waals surface area contributed by atoms with Crippen LogP contribution >= 0.6 is 23.4 Å². The van der Waals surface area contributed by atoms with Gasteiger partial charge < -0.3 is 9.15 Å². The molecule has 0 N–H and O–H groups in total. The molecule has 33 heavy (non-hydrogen) atoms. The summed E-state index contributed by atoms with van der Waals surface area (Å²) in [5.41, 5.74) is 3.50. The van der Waals surface area contributed by atoms with E-state index in [0.717, 1.165) is 23.8 Å². The summed E-state index contributed by atoms with van der Waals surface area (Å²) in [6.45, 7) is 3.20. The van der Waals surface area contributed by atoms with Gasteiger partial charge in [0.15, 0.2) is 0 Å². The summed E-state index contributed by atoms with van der Waals surface area (Å²) < 4.78 is 27.0. The van der Waals surface area contributed by atoms with Crippen LogP contribution in [-0.2, 0) is 18.9 Å². The number of thioether (sulfide) groups is 1. The second-order valence-corrected chi connectivity index (χ2v) is 8.81. The van der Waals surface area contributed by atoms with E-state index in [2.05, 4.69) is 28.3 Å². The lowest BCUT2D eigenvalue weighted by atomic mass is 10.1. The molecule has 6 nitrogen and oxygen atoms in total. The molecule has 0 atom stereocenters. The van der Waals surface area contributed by atoms with Crippen molar-refractivity contribution in [1.82, 2.24) is 20.0 Å². The standard InChI is InChI=1S/C24H22ClFN4O2S/c1-17-12-22(6-3-19(17)16-33-11-10-30-9-8-27-29-30)31-14-21-15-32-24(28-21)7-4-18-2-5-20(25)13-23(18)26/h2-9,12-13,15H,10-11,14,16H2,1H3. The number of benzene rings is 2. The number of ether oxygens (including phenoxy) is 1. The lowest BCUT2D eigenvalue weighted by Crippen LogP contribution is -2.01. The number of rotatable bonds is 10. The summed E-state index contributed by atoms with van der Waals surface area (Å²) >= 11 is 7.63. The highest BCUT2D eigenvalue weighted by Gasteiger charge is 2.06. The first kappa shape index (κ1) is 23.1. The Balaban J connectivity index is 1.26. The molecule has 0 amide bonds. The average molecular weight is 485 g/mol. The molecule has 4 rings (SSSR count). The molecule has 0 aliphatic carbocycles. The van der Waals surface area contributed by atoms with E-state index in [4.69, 9.17) is 20.8 Å². The lowest BCUT2D eigenvalue weighted by molar-refractivity contribution is 0.300. The van der Waals surface area contributed by atoms with E-state index in [1.807, 2.05) is 34.8 Å². The van der Waals surface area contributed by atoms with Gasteiger partial charge >= 0.3 is 0 Å². The molecule has 0 aliphatic rings. The van der Waals surface area contributed by atoms with Crippen LogP contribution in [0.15, 0.2) is 59.5 Å². The number of hydrogen-bond donors (Lipinski definition) is 0. The van der Waals surface area contributed by atoms with Crippen molar-refractivity contribution in [2.75, 3.05) is 5.75 Å². The van der Waals surface area contributed by atoms with Crippen LogP contribution in [0.3, 0.4) is 0 Å². The van der Waals surface area contributed by atoms with Gasteiger partial charge in [0.1, 0.15) is 30.1 Å². The molecule has 0 aliphatic heterocycles. The third-order valence-corrected chi connectivity index (χ3v) is 6.05. The fraction of sp³-hybridized carbons (Fsp3) is 0.208. The quantitative estimate of drug-likeness (QED) is 0.255. The zero-order valence-corrected chi connectivity index (χ0v) is 19.5. The Kier molecular flexibility index (Phi) is 7.80. The smallest absolute Gasteiger partial charge is 0.218 e. The molecule has 0 radical (unpaired) electrons. The molecule has 0 unspecified atom stereocenters. The van der Waals surface area contributed by atoms with Crippen LogP contribution in [0.4, 0.5) is 4.39 Å². The van der Waals surface area contributed by atoms with Crippen molar-refractivity contribution in [2.24, 2.45) is 0 Å². The van der Waals surface area contributed by atoms with Crippen LogP contribution in [0.5, 0.6) is 5.75 Å². The van der Waals surface area contributed by atoms with Crippen LogP contribution in [-0.4, -0.2) is 25.7 Å². The Morgan fingerprint density at radius 1 is 1.21 bits per heavy atom. The molecule has 0 saturated carbocycles. The van der Waals surface area contributed by atoms with E-state index in [-0.39, 0.29) is 6.61 Å². The molecule has 0 spiro atoms. The highest BCUT2D eigenvalue weighted by molar-refractivity contribution is 7.98. The second-order valence-electron chi connectivity index (χ2n) is 7.27. The van der Waals surface area contributed by atoms with Gasteiger partial charge in [-0.05, 0) is 48.4 Å². The van der Waals surface area contributed by atoms with Gasteiger partial charge in [0.25, 0.3) is 0 Å². The Labute approximate surface area is 200 Å². The van der Waals surface area contributed by atoms with Crippen LogP contribution in [0.25, 0.3) is 12.2 Å². The Morgan fingerprint density at radius 3 is 2.91 bits per heavy atom. The predicted molar refractivity (Wildman–Crippen MR) is 129 cm³/mol. The summed E-state index contributed by atoms with van der Waals surface area (Å²) in [5, 5.41) is 8.13. The first-order valence-electron chi connectivity index (χ1n) is 10.3. The van der Waals surface area contributed by atoms with Gasteiger partial charge in [-0.2, -0.15) is 11.8 Å². The van der Waals surface area contributed by atoms with Crippen LogP contribution < -0.4 is 4.74 Å². The normalized spacial score (nSPS) is 11.4. The van der Waals surface area contributed by atoms with Gasteiger partial charge in [-0.15, -0.1) is 5.10 Å². The molecular weight excluding hydrogens is 463 g/mol. The molecule has 0 bridgehead atoms. The number of oxazole rings is 1. The number of aromatic nitrogens is 4. The van der Waals surface area contributed by atoms with Gasteiger partial charge in [-0.1, -0.05) is 28.9 Å². The van der Waals surface area contributed by atoms with Crippen molar-refractivity contribution >= 4 is 35.5 Å². The maximum Gasteiger partial charge on any atom is 0.218 e. The average Bonchev–Trinajstić information content (AvgIpc) is 3.48. The van der Waals surface area contributed by atoms with E-state index in [1.54, 1.807) is 30.5 Å². The molecule has 2 heterocycles. The van der Waals surface area contributed by atoms with Crippen LogP contribution in [0, 0.1) is 12.7 Å². The Hall–Kier alpha value is -3.10.